The van der Waals surface area contributed by atoms with Crippen LogP contribution in [0.1, 0.15) is 32.8 Å². The lowest BCUT2D eigenvalue weighted by molar-refractivity contribution is 0.0239. The number of amides is 1. The Morgan fingerprint density at radius 2 is 2.12 bits per heavy atom. The molecule has 4 nitrogen and oxygen atoms in total. The van der Waals surface area contributed by atoms with Gasteiger partial charge in [0.1, 0.15) is 17.2 Å². The van der Waals surface area contributed by atoms with Crippen LogP contribution in [0.3, 0.4) is 0 Å². The van der Waals surface area contributed by atoms with Crippen molar-refractivity contribution in [2.24, 2.45) is 10.9 Å². The molecule has 1 aromatic carbocycles. The van der Waals surface area contributed by atoms with E-state index >= 15 is 0 Å². The highest BCUT2D eigenvalue weighted by Gasteiger charge is 2.67. The number of rotatable bonds is 2. The molecule has 0 bridgehead atoms. The number of carbonyl (C=O) groups excluding carboxylic acids is 1. The number of ether oxygens (including phenoxy) is 1. The first-order valence-electron chi connectivity index (χ1n) is 8.05. The number of halogens is 2. The van der Waals surface area contributed by atoms with Gasteiger partial charge >= 0.3 is 6.09 Å². The number of carbonyl (C=O) groups is 1. The second-order valence-electron chi connectivity index (χ2n) is 7.60. The first kappa shape index (κ1) is 16.9. The van der Waals surface area contributed by atoms with Crippen LogP contribution in [0.15, 0.2) is 23.2 Å². The summed E-state index contributed by atoms with van der Waals surface area (Å²) in [4.78, 5) is 18.1. The molecule has 1 amide bonds. The molecular weight excluding hydrogens is 314 g/mol. The second kappa shape index (κ2) is 5.53. The standard InChI is InChI=1S/C18H22F2N2O2/c1-17(2,3)24-16(23)22-10-18(8-13(18)15(22)9-21-4)12-7-11(19)5-6-14(12)20/h5-7,9,13,15H,8,10H2,1-4H3/t13-,15?,18+/m0/s1. The number of likely N-dealkylation sites (tertiary alicyclic amines) is 1. The molecule has 0 radical (unpaired) electrons. The molecule has 0 N–H and O–H groups in total. The Morgan fingerprint density at radius 1 is 1.42 bits per heavy atom. The largest absolute Gasteiger partial charge is 0.444 e. The smallest absolute Gasteiger partial charge is 0.410 e. The number of hydrogen-bond donors (Lipinski definition) is 0. The number of aliphatic imine (C=N–C) groups is 1. The van der Waals surface area contributed by atoms with E-state index in [1.54, 1.807) is 38.9 Å². The van der Waals surface area contributed by atoms with Crippen molar-refractivity contribution in [3.05, 3.63) is 35.4 Å². The normalized spacial score (nSPS) is 29.0. The van der Waals surface area contributed by atoms with Gasteiger partial charge < -0.3 is 4.74 Å². The summed E-state index contributed by atoms with van der Waals surface area (Å²) >= 11 is 0. The predicted molar refractivity (Wildman–Crippen MR) is 87.3 cm³/mol. The Balaban J connectivity index is 1.92. The highest BCUT2D eigenvalue weighted by Crippen LogP contribution is 2.62. The summed E-state index contributed by atoms with van der Waals surface area (Å²) in [5, 5.41) is 0. The van der Waals surface area contributed by atoms with Crippen LogP contribution in [0, 0.1) is 17.6 Å². The molecule has 2 aliphatic rings. The molecule has 1 unspecified atom stereocenters. The van der Waals surface area contributed by atoms with Gasteiger partial charge in [0.2, 0.25) is 0 Å². The zero-order valence-corrected chi connectivity index (χ0v) is 14.3. The molecule has 1 aliphatic carbocycles. The van der Waals surface area contributed by atoms with Crippen LogP contribution in [0.5, 0.6) is 0 Å². The Hall–Kier alpha value is -1.98. The molecule has 3 rings (SSSR count). The van der Waals surface area contributed by atoms with E-state index < -0.39 is 28.7 Å². The van der Waals surface area contributed by atoms with Crippen molar-refractivity contribution >= 4 is 12.3 Å². The highest BCUT2D eigenvalue weighted by molar-refractivity contribution is 5.79. The molecule has 0 spiro atoms. The lowest BCUT2D eigenvalue weighted by Crippen LogP contribution is -2.43. The lowest BCUT2D eigenvalue weighted by atomic mass is 9.93. The zero-order chi connectivity index (χ0) is 17.7. The SMILES string of the molecule is CN=CC1[C@@H]2C[C@]2(c2cc(F)ccc2F)CN1C(=O)OC(C)(C)C. The minimum Gasteiger partial charge on any atom is -0.444 e. The maximum Gasteiger partial charge on any atom is 0.410 e. The molecule has 24 heavy (non-hydrogen) atoms. The van der Waals surface area contributed by atoms with E-state index in [0.717, 1.165) is 12.1 Å². The van der Waals surface area contributed by atoms with E-state index in [1.807, 2.05) is 0 Å². The van der Waals surface area contributed by atoms with E-state index in [2.05, 4.69) is 4.99 Å². The lowest BCUT2D eigenvalue weighted by Gasteiger charge is -2.29. The van der Waals surface area contributed by atoms with E-state index in [0.29, 0.717) is 18.5 Å². The first-order valence-corrected chi connectivity index (χ1v) is 8.05. The minimum atomic E-state index is -0.616. The van der Waals surface area contributed by atoms with Crippen molar-refractivity contribution in [2.75, 3.05) is 13.6 Å². The molecular formula is C18H22F2N2O2. The van der Waals surface area contributed by atoms with E-state index in [9.17, 15) is 13.6 Å². The Labute approximate surface area is 140 Å². The van der Waals surface area contributed by atoms with Crippen LogP contribution in [0.2, 0.25) is 0 Å². The average Bonchev–Trinajstić information content (AvgIpc) is 3.11. The van der Waals surface area contributed by atoms with Crippen LogP contribution in [0.25, 0.3) is 0 Å². The van der Waals surface area contributed by atoms with E-state index in [4.69, 9.17) is 4.74 Å². The fourth-order valence-electron chi connectivity index (χ4n) is 3.71. The predicted octanol–water partition coefficient (Wildman–Crippen LogP) is 3.54. The van der Waals surface area contributed by atoms with Gasteiger partial charge in [0.15, 0.2) is 0 Å². The molecule has 6 heteroatoms. The zero-order valence-electron chi connectivity index (χ0n) is 14.3. The van der Waals surface area contributed by atoms with Gasteiger partial charge in [-0.05, 0) is 56.9 Å². The molecule has 1 heterocycles. The topological polar surface area (TPSA) is 41.9 Å². The van der Waals surface area contributed by atoms with Gasteiger partial charge in [-0.2, -0.15) is 0 Å². The third kappa shape index (κ3) is 2.78. The molecule has 3 atom stereocenters. The summed E-state index contributed by atoms with van der Waals surface area (Å²) in [5.74, 6) is -0.870. The van der Waals surface area contributed by atoms with Crippen LogP contribution >= 0.6 is 0 Å². The fraction of sp³-hybridized carbons (Fsp3) is 0.556. The number of benzene rings is 1. The number of fused-ring (bicyclic) bond motifs is 1. The Bertz CT molecular complexity index is 699. The monoisotopic (exact) mass is 336 g/mol. The van der Waals surface area contributed by atoms with Gasteiger partial charge in [-0.15, -0.1) is 0 Å². The van der Waals surface area contributed by atoms with Gasteiger partial charge in [0.05, 0.1) is 6.04 Å². The summed E-state index contributed by atoms with van der Waals surface area (Å²) in [6, 6.07) is 3.24. The Morgan fingerprint density at radius 3 is 2.75 bits per heavy atom. The van der Waals surface area contributed by atoms with Gasteiger partial charge in [0.25, 0.3) is 0 Å². The summed E-state index contributed by atoms with van der Waals surface area (Å²) < 4.78 is 33.3. The highest BCUT2D eigenvalue weighted by atomic mass is 19.1. The van der Waals surface area contributed by atoms with Crippen molar-refractivity contribution in [3.63, 3.8) is 0 Å². The average molecular weight is 336 g/mol. The second-order valence-corrected chi connectivity index (χ2v) is 7.60. The first-order chi connectivity index (χ1) is 11.2. The van der Waals surface area contributed by atoms with Crippen molar-refractivity contribution < 1.29 is 18.3 Å². The molecule has 130 valence electrons. The Kier molecular flexibility index (Phi) is 3.89. The third-order valence-electron chi connectivity index (χ3n) is 4.75. The molecule has 1 aromatic rings. The van der Waals surface area contributed by atoms with E-state index in [-0.39, 0.29) is 12.0 Å². The fourth-order valence-corrected chi connectivity index (χ4v) is 3.71. The summed E-state index contributed by atoms with van der Waals surface area (Å²) in [6.07, 6.45) is 1.96. The molecule has 1 aliphatic heterocycles. The van der Waals surface area contributed by atoms with Gasteiger partial charge in [-0.25, -0.2) is 13.6 Å². The number of hydrogen-bond acceptors (Lipinski definition) is 3. The summed E-state index contributed by atoms with van der Waals surface area (Å²) in [7, 11) is 1.64. The maximum atomic E-state index is 14.3. The quantitative estimate of drug-likeness (QED) is 0.775. The van der Waals surface area contributed by atoms with Crippen LogP contribution in [-0.4, -0.2) is 42.4 Å². The van der Waals surface area contributed by atoms with Crippen molar-refractivity contribution in [2.45, 2.75) is 44.2 Å². The van der Waals surface area contributed by atoms with Crippen molar-refractivity contribution in [1.29, 1.82) is 0 Å². The number of nitrogens with zero attached hydrogens (tertiary/aromatic N) is 2. The van der Waals surface area contributed by atoms with Crippen molar-refractivity contribution in [3.8, 4) is 0 Å². The molecule has 0 aromatic heterocycles. The molecule has 2 fully saturated rings. The maximum absolute atomic E-state index is 14.3. The third-order valence-corrected chi connectivity index (χ3v) is 4.75. The van der Waals surface area contributed by atoms with Gasteiger partial charge in [0, 0.05) is 25.2 Å². The molecule has 1 saturated carbocycles. The van der Waals surface area contributed by atoms with Gasteiger partial charge in [-0.3, -0.25) is 9.89 Å². The van der Waals surface area contributed by atoms with Crippen LogP contribution in [-0.2, 0) is 10.2 Å². The molecule has 1 saturated heterocycles. The summed E-state index contributed by atoms with van der Waals surface area (Å²) in [6.45, 7) is 5.70. The number of piperidine rings is 1. The minimum absolute atomic E-state index is 0.0324. The van der Waals surface area contributed by atoms with Crippen LogP contribution < -0.4 is 0 Å². The van der Waals surface area contributed by atoms with Crippen LogP contribution in [0.4, 0.5) is 13.6 Å². The summed E-state index contributed by atoms with van der Waals surface area (Å²) in [5.41, 5.74) is -0.822. The van der Waals surface area contributed by atoms with Gasteiger partial charge in [-0.1, -0.05) is 0 Å². The van der Waals surface area contributed by atoms with Crippen molar-refractivity contribution in [1.82, 2.24) is 4.90 Å². The van der Waals surface area contributed by atoms with E-state index in [1.165, 1.54) is 6.07 Å².